The molecule has 170 valence electrons. The Labute approximate surface area is 187 Å². The maximum Gasteiger partial charge on any atom is 0.185 e. The summed E-state index contributed by atoms with van der Waals surface area (Å²) in [7, 11) is 6.36. The van der Waals surface area contributed by atoms with Crippen molar-refractivity contribution in [3.63, 3.8) is 0 Å². The molecule has 1 saturated carbocycles. The van der Waals surface area contributed by atoms with E-state index in [9.17, 15) is 5.11 Å². The van der Waals surface area contributed by atoms with Crippen LogP contribution in [-0.2, 0) is 13.0 Å². The number of aliphatic hydroxyl groups excluding tert-OH is 1. The molecule has 1 aromatic carbocycles. The van der Waals surface area contributed by atoms with E-state index in [0.717, 1.165) is 72.5 Å². The fourth-order valence-electron chi connectivity index (χ4n) is 5.08. The summed E-state index contributed by atoms with van der Waals surface area (Å²) < 4.78 is 12.2. The van der Waals surface area contributed by atoms with Crippen molar-refractivity contribution in [3.8, 4) is 5.75 Å². The number of aliphatic hydroxyl groups is 1. The van der Waals surface area contributed by atoms with Gasteiger partial charge in [-0.05, 0) is 103 Å². The lowest BCUT2D eigenvalue weighted by Crippen LogP contribution is -2.31. The molecule has 1 aliphatic carbocycles. The van der Waals surface area contributed by atoms with Crippen LogP contribution >= 0.6 is 0 Å². The van der Waals surface area contributed by atoms with Crippen LogP contribution in [0.1, 0.15) is 56.2 Å². The summed E-state index contributed by atoms with van der Waals surface area (Å²) in [5, 5.41) is 15.4. The Kier molecular flexibility index (Phi) is 7.57. The van der Waals surface area contributed by atoms with Gasteiger partial charge in [0.15, 0.2) is 13.6 Å². The molecule has 2 heterocycles. The van der Waals surface area contributed by atoms with E-state index in [1.54, 1.807) is 0 Å². The number of aromatic nitrogens is 1. The third-order valence-corrected chi connectivity index (χ3v) is 7.17. The van der Waals surface area contributed by atoms with Crippen molar-refractivity contribution in [2.45, 2.75) is 64.0 Å². The lowest BCUT2D eigenvalue weighted by Gasteiger charge is -2.29. The van der Waals surface area contributed by atoms with Crippen LogP contribution in [-0.4, -0.2) is 67.9 Å². The number of aryl methyl sites for hydroxylation is 1. The van der Waals surface area contributed by atoms with E-state index >= 15 is 0 Å². The highest BCUT2D eigenvalue weighted by Crippen LogP contribution is 2.33. The molecule has 0 bridgehead atoms. The standard InChI is InChI=1S/C24H38BN3O3/c1-27(2)15-21-23(30-16-18-3-6-19(29)7-4-18)10-8-20-22(26-31-24(20)21)9-5-17-11-13-28(25)14-12-17/h8,10,17-19,29H,3-7,9,11-16,25H2,1-2H3/t18-,19+. The third kappa shape index (κ3) is 5.82. The monoisotopic (exact) mass is 427 g/mol. The van der Waals surface area contributed by atoms with Crippen LogP contribution in [0.25, 0.3) is 11.0 Å². The van der Waals surface area contributed by atoms with E-state index in [0.29, 0.717) is 12.5 Å². The lowest BCUT2D eigenvalue weighted by atomic mass is 9.88. The van der Waals surface area contributed by atoms with Crippen molar-refractivity contribution >= 4 is 19.0 Å². The summed E-state index contributed by atoms with van der Waals surface area (Å²) >= 11 is 0. The van der Waals surface area contributed by atoms with Crippen LogP contribution in [0.15, 0.2) is 16.7 Å². The van der Waals surface area contributed by atoms with Crippen molar-refractivity contribution in [2.24, 2.45) is 11.8 Å². The summed E-state index contributed by atoms with van der Waals surface area (Å²) in [6.07, 6.45) is 8.46. The Morgan fingerprint density at radius 1 is 1.13 bits per heavy atom. The highest BCUT2D eigenvalue weighted by molar-refractivity contribution is 6.04. The normalized spacial score (nSPS) is 23.6. The average Bonchev–Trinajstić information content (AvgIpc) is 3.17. The number of fused-ring (bicyclic) bond motifs is 1. The highest BCUT2D eigenvalue weighted by Gasteiger charge is 2.23. The fraction of sp³-hybridized carbons (Fsp3) is 0.708. The largest absolute Gasteiger partial charge is 0.493 e. The second kappa shape index (κ2) is 10.4. The minimum absolute atomic E-state index is 0.126. The molecule has 0 amide bonds. The van der Waals surface area contributed by atoms with Gasteiger partial charge < -0.3 is 24.1 Å². The second-order valence-corrected chi connectivity index (χ2v) is 10.1. The van der Waals surface area contributed by atoms with E-state index < -0.39 is 0 Å². The predicted octanol–water partition coefficient (Wildman–Crippen LogP) is 3.01. The average molecular weight is 427 g/mol. The first-order chi connectivity index (χ1) is 15.0. The topological polar surface area (TPSA) is 62.0 Å². The maximum absolute atomic E-state index is 9.75. The molecule has 6 nitrogen and oxygen atoms in total. The quantitative estimate of drug-likeness (QED) is 0.654. The minimum atomic E-state index is -0.126. The first-order valence-corrected chi connectivity index (χ1v) is 12.0. The number of benzene rings is 1. The van der Waals surface area contributed by atoms with Gasteiger partial charge in [0.1, 0.15) is 5.75 Å². The van der Waals surface area contributed by atoms with E-state index in [1.807, 2.05) is 0 Å². The molecule has 0 radical (unpaired) electrons. The number of ether oxygens (including phenoxy) is 1. The van der Waals surface area contributed by atoms with Gasteiger partial charge in [-0.15, -0.1) is 0 Å². The molecule has 2 aromatic rings. The molecule has 2 fully saturated rings. The molecular formula is C24H38BN3O3. The molecule has 1 aromatic heterocycles. The van der Waals surface area contributed by atoms with Crippen molar-refractivity contribution in [2.75, 3.05) is 33.8 Å². The summed E-state index contributed by atoms with van der Waals surface area (Å²) in [5.74, 6) is 2.22. The molecule has 0 spiro atoms. The Morgan fingerprint density at radius 2 is 1.87 bits per heavy atom. The van der Waals surface area contributed by atoms with E-state index in [-0.39, 0.29) is 6.10 Å². The van der Waals surface area contributed by atoms with Gasteiger partial charge in [-0.1, -0.05) is 5.16 Å². The Hall–Kier alpha value is -1.57. The first-order valence-electron chi connectivity index (χ1n) is 12.0. The molecule has 1 saturated heterocycles. The van der Waals surface area contributed by atoms with Crippen LogP contribution < -0.4 is 4.74 Å². The number of hydrogen-bond acceptors (Lipinski definition) is 6. The van der Waals surface area contributed by atoms with Gasteiger partial charge in [0.05, 0.1) is 24.0 Å². The van der Waals surface area contributed by atoms with Gasteiger partial charge in [0, 0.05) is 11.9 Å². The van der Waals surface area contributed by atoms with Crippen molar-refractivity contribution in [1.29, 1.82) is 0 Å². The smallest absolute Gasteiger partial charge is 0.185 e. The SMILES string of the molecule is BN1CCC(CCc2noc3c(CN(C)C)c(OC[C@H]4CC[C@@H](O)CC4)ccc23)CC1. The predicted molar refractivity (Wildman–Crippen MR) is 126 cm³/mol. The van der Waals surface area contributed by atoms with Crippen molar-refractivity contribution in [1.82, 2.24) is 14.9 Å². The second-order valence-electron chi connectivity index (χ2n) is 10.1. The van der Waals surface area contributed by atoms with Crippen LogP contribution in [0.5, 0.6) is 5.75 Å². The molecule has 1 N–H and O–H groups in total. The van der Waals surface area contributed by atoms with Gasteiger partial charge >= 0.3 is 0 Å². The molecule has 1 aliphatic heterocycles. The van der Waals surface area contributed by atoms with Crippen LogP contribution in [0.4, 0.5) is 0 Å². The number of rotatable bonds is 8. The number of piperidine rings is 1. The summed E-state index contributed by atoms with van der Waals surface area (Å²) in [5.41, 5.74) is 3.06. The molecule has 31 heavy (non-hydrogen) atoms. The molecule has 7 heteroatoms. The Bertz CT molecular complexity index is 840. The van der Waals surface area contributed by atoms with E-state index in [2.05, 4.69) is 49.1 Å². The van der Waals surface area contributed by atoms with Crippen molar-refractivity contribution in [3.05, 3.63) is 23.4 Å². The third-order valence-electron chi connectivity index (χ3n) is 7.17. The molecule has 2 aliphatic rings. The zero-order chi connectivity index (χ0) is 21.8. The van der Waals surface area contributed by atoms with Crippen molar-refractivity contribution < 1.29 is 14.4 Å². The minimum Gasteiger partial charge on any atom is -0.493 e. The fourth-order valence-corrected chi connectivity index (χ4v) is 5.08. The van der Waals surface area contributed by atoms with Gasteiger partial charge in [-0.25, -0.2) is 0 Å². The van der Waals surface area contributed by atoms with Gasteiger partial charge in [-0.3, -0.25) is 0 Å². The van der Waals surface area contributed by atoms with Gasteiger partial charge in [-0.2, -0.15) is 0 Å². The zero-order valence-electron chi connectivity index (χ0n) is 19.5. The van der Waals surface area contributed by atoms with Crippen LogP contribution in [0, 0.1) is 11.8 Å². The summed E-state index contributed by atoms with van der Waals surface area (Å²) in [4.78, 5) is 4.58. The molecule has 0 atom stereocenters. The number of nitrogens with zero attached hydrogens (tertiary/aromatic N) is 3. The van der Waals surface area contributed by atoms with E-state index in [1.165, 1.54) is 32.4 Å². The van der Waals surface area contributed by atoms with Gasteiger partial charge in [0.2, 0.25) is 0 Å². The van der Waals surface area contributed by atoms with Gasteiger partial charge in [0.25, 0.3) is 0 Å². The van der Waals surface area contributed by atoms with E-state index in [4.69, 9.17) is 9.26 Å². The Morgan fingerprint density at radius 3 is 2.58 bits per heavy atom. The molecular weight excluding hydrogens is 389 g/mol. The Balaban J connectivity index is 1.46. The van der Waals surface area contributed by atoms with Crippen LogP contribution in [0.3, 0.4) is 0 Å². The molecule has 4 rings (SSSR count). The number of hydrogen-bond donors (Lipinski definition) is 1. The zero-order valence-corrected chi connectivity index (χ0v) is 19.5. The first kappa shape index (κ1) is 22.6. The summed E-state index contributed by atoms with van der Waals surface area (Å²) in [6, 6.07) is 4.24. The highest BCUT2D eigenvalue weighted by atomic mass is 16.5. The lowest BCUT2D eigenvalue weighted by molar-refractivity contribution is 0.0914. The van der Waals surface area contributed by atoms with Crippen LogP contribution in [0.2, 0.25) is 0 Å². The summed E-state index contributed by atoms with van der Waals surface area (Å²) in [6.45, 7) is 3.88. The molecule has 0 unspecified atom stereocenters. The maximum atomic E-state index is 9.75.